The molecule has 0 aromatic heterocycles. The van der Waals surface area contributed by atoms with Crippen LogP contribution in [0.5, 0.6) is 0 Å². The Morgan fingerprint density at radius 1 is 1.19 bits per heavy atom. The molecule has 0 bridgehead atoms. The van der Waals surface area contributed by atoms with Gasteiger partial charge in [0.05, 0.1) is 23.4 Å². The molecule has 8 nitrogen and oxygen atoms in total. The van der Waals surface area contributed by atoms with Crippen molar-refractivity contribution in [2.24, 2.45) is 0 Å². The lowest BCUT2D eigenvalue weighted by Gasteiger charge is -2.27. The molecule has 0 fully saturated rings. The fourth-order valence-corrected chi connectivity index (χ4v) is 4.68. The number of hydrogen-bond acceptors (Lipinski definition) is 6. The predicted octanol–water partition coefficient (Wildman–Crippen LogP) is 4.51. The Morgan fingerprint density at radius 2 is 1.84 bits per heavy atom. The van der Waals surface area contributed by atoms with Crippen molar-refractivity contribution in [3.63, 3.8) is 0 Å². The van der Waals surface area contributed by atoms with E-state index in [-0.39, 0.29) is 24.4 Å². The van der Waals surface area contributed by atoms with Gasteiger partial charge in [-0.2, -0.15) is 0 Å². The standard InChI is InChI=1S/C26H31ClFN3O5S/c1-25(2,3)36-24(34)30-19-13-37-21-11-18(28)17(22(32)29-14-26(4,5)35)10-20(21)31(23(19)33)12-15-6-8-16(27)9-7-15/h6-11,19,35H,12-14H2,1-5H3,(H,29,32)(H,30,34)/t19-/m0/s1. The molecule has 1 aliphatic heterocycles. The quantitative estimate of drug-likeness (QED) is 0.487. The van der Waals surface area contributed by atoms with Crippen LogP contribution in [0.25, 0.3) is 0 Å². The molecule has 2 aromatic rings. The molecule has 3 N–H and O–H groups in total. The van der Waals surface area contributed by atoms with Crippen LogP contribution in [0.4, 0.5) is 14.9 Å². The molecule has 37 heavy (non-hydrogen) atoms. The van der Waals surface area contributed by atoms with Crippen molar-refractivity contribution in [3.8, 4) is 0 Å². The van der Waals surface area contributed by atoms with Gasteiger partial charge in [-0.3, -0.25) is 9.59 Å². The minimum atomic E-state index is -1.19. The molecule has 0 spiro atoms. The number of carbonyl (C=O) groups is 3. The van der Waals surface area contributed by atoms with E-state index in [1.807, 2.05) is 0 Å². The monoisotopic (exact) mass is 551 g/mol. The maximum atomic E-state index is 15.0. The molecule has 3 amide bonds. The summed E-state index contributed by atoms with van der Waals surface area (Å²) in [6.45, 7) is 8.17. The van der Waals surface area contributed by atoms with Crippen molar-refractivity contribution in [2.45, 2.75) is 63.3 Å². The Bertz CT molecular complexity index is 1180. The average molecular weight is 552 g/mol. The number of halogens is 2. The third kappa shape index (κ3) is 8.08. The second kappa shape index (κ2) is 11.3. The zero-order chi connectivity index (χ0) is 27.5. The summed E-state index contributed by atoms with van der Waals surface area (Å²) in [5, 5.41) is 15.6. The number of carbonyl (C=O) groups excluding carboxylic acids is 3. The lowest BCUT2D eigenvalue weighted by molar-refractivity contribution is -0.120. The van der Waals surface area contributed by atoms with Crippen molar-refractivity contribution in [3.05, 3.63) is 58.4 Å². The summed E-state index contributed by atoms with van der Waals surface area (Å²) in [6.07, 6.45) is -0.748. The summed E-state index contributed by atoms with van der Waals surface area (Å²) in [4.78, 5) is 40.7. The number of thioether (sulfide) groups is 1. The van der Waals surface area contributed by atoms with Crippen LogP contribution in [0.1, 0.15) is 50.5 Å². The minimum Gasteiger partial charge on any atom is -0.444 e. The first-order valence-electron chi connectivity index (χ1n) is 11.7. The normalized spacial score (nSPS) is 16.1. The van der Waals surface area contributed by atoms with E-state index < -0.39 is 41.0 Å². The van der Waals surface area contributed by atoms with Gasteiger partial charge < -0.3 is 25.4 Å². The molecule has 0 radical (unpaired) electrons. The number of ether oxygens (including phenoxy) is 1. The second-order valence-corrected chi connectivity index (χ2v) is 11.9. The Hall–Kier alpha value is -2.82. The summed E-state index contributed by atoms with van der Waals surface area (Å²) in [5.41, 5.74) is -1.15. The van der Waals surface area contributed by atoms with Crippen LogP contribution in [0, 0.1) is 5.82 Å². The van der Waals surface area contributed by atoms with E-state index >= 15 is 4.39 Å². The summed E-state index contributed by atoms with van der Waals surface area (Å²) in [6, 6.07) is 8.44. The molecule has 11 heteroatoms. The number of benzene rings is 2. The van der Waals surface area contributed by atoms with E-state index in [0.717, 1.165) is 5.56 Å². The fraction of sp³-hybridized carbons (Fsp3) is 0.423. The maximum absolute atomic E-state index is 15.0. The number of anilines is 1. The number of nitrogens with one attached hydrogen (secondary N) is 2. The van der Waals surface area contributed by atoms with Crippen LogP contribution >= 0.6 is 23.4 Å². The Balaban J connectivity index is 1.99. The molecule has 1 atom stereocenters. The van der Waals surface area contributed by atoms with Gasteiger partial charge in [0.25, 0.3) is 11.8 Å². The highest BCUT2D eigenvalue weighted by Gasteiger charge is 2.34. The van der Waals surface area contributed by atoms with Gasteiger partial charge in [-0.15, -0.1) is 11.8 Å². The molecule has 1 aliphatic rings. The van der Waals surface area contributed by atoms with Gasteiger partial charge in [0.15, 0.2) is 0 Å². The smallest absolute Gasteiger partial charge is 0.408 e. The van der Waals surface area contributed by atoms with Gasteiger partial charge in [-0.25, -0.2) is 9.18 Å². The molecule has 0 saturated heterocycles. The Kier molecular flexibility index (Phi) is 8.77. The number of alkyl carbamates (subject to hydrolysis) is 1. The molecule has 0 aliphatic carbocycles. The summed E-state index contributed by atoms with van der Waals surface area (Å²) < 4.78 is 20.3. The van der Waals surface area contributed by atoms with Gasteiger partial charge in [0.1, 0.15) is 17.5 Å². The number of fused-ring (bicyclic) bond motifs is 1. The van der Waals surface area contributed by atoms with E-state index in [4.69, 9.17) is 16.3 Å². The molecule has 0 saturated carbocycles. The van der Waals surface area contributed by atoms with Gasteiger partial charge in [-0.1, -0.05) is 23.7 Å². The summed E-state index contributed by atoms with van der Waals surface area (Å²) >= 11 is 7.19. The van der Waals surface area contributed by atoms with Crippen LogP contribution in [-0.4, -0.2) is 52.6 Å². The van der Waals surface area contributed by atoms with Crippen LogP contribution in [0.15, 0.2) is 41.3 Å². The zero-order valence-electron chi connectivity index (χ0n) is 21.4. The van der Waals surface area contributed by atoms with Crippen molar-refractivity contribution in [1.82, 2.24) is 10.6 Å². The van der Waals surface area contributed by atoms with Crippen LogP contribution in [0.3, 0.4) is 0 Å². The predicted molar refractivity (Wildman–Crippen MR) is 142 cm³/mol. The van der Waals surface area contributed by atoms with Gasteiger partial charge in [0, 0.05) is 22.2 Å². The molecule has 200 valence electrons. The second-order valence-electron chi connectivity index (χ2n) is 10.4. The molecular formula is C26H31ClFN3O5S. The third-order valence-electron chi connectivity index (χ3n) is 5.18. The number of rotatable bonds is 6. The number of aliphatic hydroxyl groups is 1. The van der Waals surface area contributed by atoms with E-state index in [1.165, 1.54) is 42.6 Å². The first-order valence-corrected chi connectivity index (χ1v) is 13.0. The van der Waals surface area contributed by atoms with Gasteiger partial charge >= 0.3 is 6.09 Å². The number of hydrogen-bond donors (Lipinski definition) is 3. The largest absolute Gasteiger partial charge is 0.444 e. The van der Waals surface area contributed by atoms with Crippen molar-refractivity contribution >= 4 is 47.0 Å². The zero-order valence-corrected chi connectivity index (χ0v) is 22.9. The van der Waals surface area contributed by atoms with Gasteiger partial charge in [-0.05, 0) is 64.4 Å². The van der Waals surface area contributed by atoms with Crippen LogP contribution in [0.2, 0.25) is 5.02 Å². The number of nitrogens with zero attached hydrogens (tertiary/aromatic N) is 1. The Morgan fingerprint density at radius 3 is 2.43 bits per heavy atom. The highest BCUT2D eigenvalue weighted by molar-refractivity contribution is 7.99. The molecule has 0 unspecified atom stereocenters. The molecular weight excluding hydrogens is 521 g/mol. The van der Waals surface area contributed by atoms with E-state index in [1.54, 1.807) is 45.0 Å². The SMILES string of the molecule is CC(C)(O)CNC(=O)c1cc2c(cc1F)SC[C@H](NC(=O)OC(C)(C)C)C(=O)N2Cc1ccc(Cl)cc1. The number of amides is 3. The first-order chi connectivity index (χ1) is 17.1. The topological polar surface area (TPSA) is 108 Å². The molecule has 1 heterocycles. The van der Waals surface area contributed by atoms with Gasteiger partial charge in [0.2, 0.25) is 0 Å². The maximum Gasteiger partial charge on any atom is 0.408 e. The summed E-state index contributed by atoms with van der Waals surface area (Å²) in [7, 11) is 0. The lowest BCUT2D eigenvalue weighted by atomic mass is 10.1. The van der Waals surface area contributed by atoms with Crippen LogP contribution < -0.4 is 15.5 Å². The van der Waals surface area contributed by atoms with Crippen molar-refractivity contribution in [2.75, 3.05) is 17.2 Å². The fourth-order valence-electron chi connectivity index (χ4n) is 3.48. The van der Waals surface area contributed by atoms with E-state index in [9.17, 15) is 19.5 Å². The van der Waals surface area contributed by atoms with E-state index in [0.29, 0.717) is 15.6 Å². The highest BCUT2D eigenvalue weighted by atomic mass is 35.5. The first kappa shape index (κ1) is 28.7. The highest BCUT2D eigenvalue weighted by Crippen LogP contribution is 2.37. The third-order valence-corrected chi connectivity index (χ3v) is 6.57. The summed E-state index contributed by atoms with van der Waals surface area (Å²) in [5.74, 6) is -1.80. The average Bonchev–Trinajstić information content (AvgIpc) is 2.88. The minimum absolute atomic E-state index is 0.0897. The van der Waals surface area contributed by atoms with Crippen molar-refractivity contribution in [1.29, 1.82) is 0 Å². The lowest BCUT2D eigenvalue weighted by Crippen LogP contribution is -2.50. The molecule has 2 aromatic carbocycles. The van der Waals surface area contributed by atoms with E-state index in [2.05, 4.69) is 10.6 Å². The Labute approximate surface area is 224 Å². The van der Waals surface area contributed by atoms with Crippen LogP contribution in [-0.2, 0) is 16.1 Å². The van der Waals surface area contributed by atoms with Crippen molar-refractivity contribution < 1.29 is 28.6 Å². The molecule has 3 rings (SSSR count).